The van der Waals surface area contributed by atoms with Gasteiger partial charge in [0.25, 0.3) is 0 Å². The number of ether oxygens (including phenoxy) is 2. The van der Waals surface area contributed by atoms with E-state index in [1.807, 2.05) is 42.5 Å². The van der Waals surface area contributed by atoms with Crippen molar-refractivity contribution in [1.29, 1.82) is 0 Å². The lowest BCUT2D eigenvalue weighted by molar-refractivity contribution is 0.220. The van der Waals surface area contributed by atoms with Crippen LogP contribution < -0.4 is 9.47 Å². The van der Waals surface area contributed by atoms with E-state index in [0.29, 0.717) is 5.01 Å². The fourth-order valence-electron chi connectivity index (χ4n) is 2.10. The molecular formula is C16H15NO3S. The summed E-state index contributed by atoms with van der Waals surface area (Å²) in [5, 5.41) is 11.1. The topological polar surface area (TPSA) is 51.6 Å². The first-order chi connectivity index (χ1) is 10.2. The second-order valence-corrected chi connectivity index (χ2v) is 5.62. The Bertz CT molecular complexity index is 752. The lowest BCUT2D eigenvalue weighted by Gasteiger charge is -2.08. The molecule has 1 heterocycles. The molecule has 5 heteroatoms. The van der Waals surface area contributed by atoms with Crippen LogP contribution in [0.2, 0.25) is 0 Å². The smallest absolute Gasteiger partial charge is 0.131 e. The predicted molar refractivity (Wildman–Crippen MR) is 83.2 cm³/mol. The number of nitrogens with zero attached hydrogens (tertiary/aromatic N) is 1. The standard InChI is InChI=1S/C16H15NO3S/c1-19-11-5-3-10(4-6-11)15(18)16-17-13-8-7-12(20-2)9-14(13)21-16/h3-9,15,18H,1-2H3. The van der Waals surface area contributed by atoms with Gasteiger partial charge in [-0.2, -0.15) is 0 Å². The van der Waals surface area contributed by atoms with Crippen molar-refractivity contribution in [2.45, 2.75) is 6.10 Å². The SMILES string of the molecule is COc1ccc(C(O)c2nc3ccc(OC)cc3s2)cc1. The van der Waals surface area contributed by atoms with Crippen LogP contribution in [0.1, 0.15) is 16.7 Å². The monoisotopic (exact) mass is 301 g/mol. The second kappa shape index (κ2) is 5.71. The van der Waals surface area contributed by atoms with Gasteiger partial charge in [-0.3, -0.25) is 0 Å². The van der Waals surface area contributed by atoms with Crippen LogP contribution in [0, 0.1) is 0 Å². The minimum absolute atomic E-state index is 0.670. The molecule has 0 radical (unpaired) electrons. The zero-order chi connectivity index (χ0) is 14.8. The van der Waals surface area contributed by atoms with E-state index >= 15 is 0 Å². The summed E-state index contributed by atoms with van der Waals surface area (Å²) in [7, 11) is 3.25. The van der Waals surface area contributed by atoms with Crippen LogP contribution in [0.5, 0.6) is 11.5 Å². The highest BCUT2D eigenvalue weighted by Crippen LogP contribution is 2.32. The van der Waals surface area contributed by atoms with E-state index in [1.54, 1.807) is 14.2 Å². The number of aliphatic hydroxyl groups is 1. The molecule has 0 aliphatic heterocycles. The molecule has 21 heavy (non-hydrogen) atoms. The van der Waals surface area contributed by atoms with Crippen LogP contribution in [-0.4, -0.2) is 24.3 Å². The molecule has 0 bridgehead atoms. The molecule has 1 N–H and O–H groups in total. The molecule has 1 aromatic heterocycles. The van der Waals surface area contributed by atoms with Gasteiger partial charge in [-0.05, 0) is 35.9 Å². The first-order valence-electron chi connectivity index (χ1n) is 6.48. The molecule has 108 valence electrons. The molecule has 3 rings (SSSR count). The van der Waals surface area contributed by atoms with Crippen LogP contribution in [0.15, 0.2) is 42.5 Å². The van der Waals surface area contributed by atoms with Gasteiger partial charge < -0.3 is 14.6 Å². The number of methoxy groups -OCH3 is 2. The molecular weight excluding hydrogens is 286 g/mol. The number of aromatic nitrogens is 1. The third kappa shape index (κ3) is 2.70. The van der Waals surface area contributed by atoms with Crippen molar-refractivity contribution in [3.8, 4) is 11.5 Å². The molecule has 1 unspecified atom stereocenters. The first-order valence-corrected chi connectivity index (χ1v) is 7.29. The number of rotatable bonds is 4. The Morgan fingerprint density at radius 2 is 1.67 bits per heavy atom. The van der Waals surface area contributed by atoms with Crippen molar-refractivity contribution < 1.29 is 14.6 Å². The maximum Gasteiger partial charge on any atom is 0.131 e. The van der Waals surface area contributed by atoms with Crippen LogP contribution in [-0.2, 0) is 0 Å². The van der Waals surface area contributed by atoms with Gasteiger partial charge in [0.15, 0.2) is 0 Å². The molecule has 2 aromatic carbocycles. The van der Waals surface area contributed by atoms with Crippen LogP contribution in [0.4, 0.5) is 0 Å². The van der Waals surface area contributed by atoms with E-state index in [4.69, 9.17) is 9.47 Å². The summed E-state index contributed by atoms with van der Waals surface area (Å²) in [6, 6.07) is 13.0. The van der Waals surface area contributed by atoms with Crippen molar-refractivity contribution in [3.63, 3.8) is 0 Å². The minimum atomic E-state index is -0.737. The van der Waals surface area contributed by atoms with Crippen LogP contribution in [0.25, 0.3) is 10.2 Å². The van der Waals surface area contributed by atoms with Gasteiger partial charge >= 0.3 is 0 Å². The summed E-state index contributed by atoms with van der Waals surface area (Å²) in [4.78, 5) is 4.49. The van der Waals surface area contributed by atoms with Crippen LogP contribution in [0.3, 0.4) is 0 Å². The number of benzene rings is 2. The van der Waals surface area contributed by atoms with E-state index in [9.17, 15) is 5.11 Å². The first kappa shape index (κ1) is 13.9. The third-order valence-corrected chi connectivity index (χ3v) is 4.35. The summed E-state index contributed by atoms with van der Waals surface area (Å²) in [5.74, 6) is 1.55. The summed E-state index contributed by atoms with van der Waals surface area (Å²) in [6.07, 6.45) is -0.737. The van der Waals surface area contributed by atoms with E-state index in [1.165, 1.54) is 11.3 Å². The largest absolute Gasteiger partial charge is 0.497 e. The quantitative estimate of drug-likeness (QED) is 0.802. The average Bonchev–Trinajstić information content (AvgIpc) is 2.97. The second-order valence-electron chi connectivity index (χ2n) is 4.56. The van der Waals surface area contributed by atoms with E-state index in [-0.39, 0.29) is 0 Å². The average molecular weight is 301 g/mol. The van der Waals surface area contributed by atoms with Gasteiger partial charge in [0.1, 0.15) is 22.6 Å². The van der Waals surface area contributed by atoms with Crippen molar-refractivity contribution in [2.75, 3.05) is 14.2 Å². The Balaban J connectivity index is 1.94. The zero-order valence-electron chi connectivity index (χ0n) is 11.7. The Kier molecular flexibility index (Phi) is 3.77. The van der Waals surface area contributed by atoms with E-state index in [2.05, 4.69) is 4.98 Å². The molecule has 0 saturated heterocycles. The molecule has 3 aromatic rings. The predicted octanol–water partition coefficient (Wildman–Crippen LogP) is 3.40. The van der Waals surface area contributed by atoms with Gasteiger partial charge in [0, 0.05) is 0 Å². The highest BCUT2D eigenvalue weighted by molar-refractivity contribution is 7.18. The highest BCUT2D eigenvalue weighted by atomic mass is 32.1. The Hall–Kier alpha value is -2.11. The fraction of sp³-hybridized carbons (Fsp3) is 0.188. The summed E-state index contributed by atoms with van der Waals surface area (Å²) < 4.78 is 11.3. The Morgan fingerprint density at radius 3 is 2.33 bits per heavy atom. The molecule has 0 spiro atoms. The lowest BCUT2D eigenvalue weighted by atomic mass is 10.1. The van der Waals surface area contributed by atoms with Gasteiger partial charge in [-0.25, -0.2) is 4.98 Å². The lowest BCUT2D eigenvalue weighted by Crippen LogP contribution is -1.98. The highest BCUT2D eigenvalue weighted by Gasteiger charge is 2.16. The summed E-state index contributed by atoms with van der Waals surface area (Å²) >= 11 is 1.47. The van der Waals surface area contributed by atoms with Gasteiger partial charge in [0.2, 0.25) is 0 Å². The fourth-order valence-corrected chi connectivity index (χ4v) is 3.11. The maximum absolute atomic E-state index is 10.5. The van der Waals surface area contributed by atoms with E-state index < -0.39 is 6.10 Å². The minimum Gasteiger partial charge on any atom is -0.497 e. The van der Waals surface area contributed by atoms with Crippen molar-refractivity contribution in [1.82, 2.24) is 4.98 Å². The molecule has 4 nitrogen and oxygen atoms in total. The zero-order valence-corrected chi connectivity index (χ0v) is 12.6. The van der Waals surface area contributed by atoms with E-state index in [0.717, 1.165) is 27.3 Å². The number of hydrogen-bond acceptors (Lipinski definition) is 5. The number of fused-ring (bicyclic) bond motifs is 1. The van der Waals surface area contributed by atoms with Gasteiger partial charge in [0.05, 0.1) is 24.4 Å². The molecule has 0 fully saturated rings. The Morgan fingerprint density at radius 1 is 1.00 bits per heavy atom. The third-order valence-electron chi connectivity index (χ3n) is 3.28. The molecule has 0 aliphatic carbocycles. The van der Waals surface area contributed by atoms with Gasteiger partial charge in [-0.15, -0.1) is 11.3 Å². The molecule has 0 amide bonds. The summed E-state index contributed by atoms with van der Waals surface area (Å²) in [6.45, 7) is 0. The van der Waals surface area contributed by atoms with Gasteiger partial charge in [-0.1, -0.05) is 12.1 Å². The molecule has 1 atom stereocenters. The normalized spacial score (nSPS) is 12.3. The summed E-state index contributed by atoms with van der Waals surface area (Å²) in [5.41, 5.74) is 1.66. The molecule has 0 saturated carbocycles. The number of hydrogen-bond donors (Lipinski definition) is 1. The maximum atomic E-state index is 10.5. The number of thiazole rings is 1. The van der Waals surface area contributed by atoms with Crippen molar-refractivity contribution >= 4 is 21.6 Å². The van der Waals surface area contributed by atoms with Crippen LogP contribution >= 0.6 is 11.3 Å². The number of aliphatic hydroxyl groups excluding tert-OH is 1. The van der Waals surface area contributed by atoms with Crippen molar-refractivity contribution in [2.24, 2.45) is 0 Å². The Labute approximate surface area is 126 Å². The van der Waals surface area contributed by atoms with Crippen molar-refractivity contribution in [3.05, 3.63) is 53.0 Å². The molecule has 0 aliphatic rings.